The van der Waals surface area contributed by atoms with Crippen molar-refractivity contribution < 1.29 is 14.7 Å². The number of carboxylic acids is 1. The quantitative estimate of drug-likeness (QED) is 0.905. The fourth-order valence-electron chi connectivity index (χ4n) is 2.99. The number of aromatic amines is 1. The summed E-state index contributed by atoms with van der Waals surface area (Å²) >= 11 is 0. The topological polar surface area (TPSA) is 86.3 Å². The summed E-state index contributed by atoms with van der Waals surface area (Å²) in [5.74, 6) is -0.545. The number of aromatic carboxylic acids is 1. The first-order valence-corrected chi connectivity index (χ1v) is 7.66. The van der Waals surface area contributed by atoms with E-state index in [1.165, 1.54) is 0 Å². The number of hydrogen-bond donors (Lipinski definition) is 2. The van der Waals surface area contributed by atoms with Crippen LogP contribution in [0.1, 0.15) is 38.5 Å². The lowest BCUT2D eigenvalue weighted by Gasteiger charge is -2.15. The number of aromatic nitrogens is 2. The third-order valence-corrected chi connectivity index (χ3v) is 4.22. The van der Waals surface area contributed by atoms with E-state index in [0.717, 1.165) is 30.6 Å². The summed E-state index contributed by atoms with van der Waals surface area (Å²) in [5, 5.41) is 15.7. The molecule has 0 radical (unpaired) electrons. The molecule has 1 saturated heterocycles. The van der Waals surface area contributed by atoms with Gasteiger partial charge in [-0.05, 0) is 49.4 Å². The number of nitrogens with zero attached hydrogens (tertiary/aromatic N) is 2. The van der Waals surface area contributed by atoms with Crippen LogP contribution in [0.3, 0.4) is 0 Å². The summed E-state index contributed by atoms with van der Waals surface area (Å²) in [6.07, 6.45) is 1.80. The van der Waals surface area contributed by atoms with Crippen molar-refractivity contribution >= 4 is 11.9 Å². The highest BCUT2D eigenvalue weighted by Crippen LogP contribution is 2.22. The molecule has 1 aromatic carbocycles. The van der Waals surface area contributed by atoms with Crippen LogP contribution in [0.2, 0.25) is 0 Å². The van der Waals surface area contributed by atoms with E-state index >= 15 is 0 Å². The minimum atomic E-state index is -0.913. The maximum atomic E-state index is 12.4. The highest BCUT2D eigenvalue weighted by atomic mass is 16.4. The number of hydrogen-bond acceptors (Lipinski definition) is 3. The maximum absolute atomic E-state index is 12.4. The van der Waals surface area contributed by atoms with Gasteiger partial charge in [0.1, 0.15) is 5.69 Å². The molecule has 1 aliphatic heterocycles. The number of carboxylic acid groups (broad SMARTS) is 1. The molecule has 0 aliphatic carbocycles. The Bertz CT molecular complexity index is 721. The van der Waals surface area contributed by atoms with Gasteiger partial charge < -0.3 is 10.0 Å². The lowest BCUT2D eigenvalue weighted by atomic mass is 9.98. The molecule has 120 valence electrons. The number of benzene rings is 1. The fraction of sp³-hybridized carbons (Fsp3) is 0.353. The Balaban J connectivity index is 1.59. The SMILES string of the molecule is Cc1cc(C(=O)N2CCC(Cc3ccc(C(=O)O)cc3)C2)n[nH]1. The fourth-order valence-corrected chi connectivity index (χ4v) is 2.99. The van der Waals surface area contributed by atoms with E-state index in [4.69, 9.17) is 5.11 Å². The summed E-state index contributed by atoms with van der Waals surface area (Å²) in [5.41, 5.74) is 2.74. The summed E-state index contributed by atoms with van der Waals surface area (Å²) in [7, 11) is 0. The van der Waals surface area contributed by atoms with Crippen LogP contribution in [0, 0.1) is 12.8 Å². The lowest BCUT2D eigenvalue weighted by molar-refractivity contribution is 0.0696. The number of aryl methyl sites for hydroxylation is 1. The van der Waals surface area contributed by atoms with Crippen LogP contribution < -0.4 is 0 Å². The van der Waals surface area contributed by atoms with Crippen molar-refractivity contribution in [1.29, 1.82) is 0 Å². The summed E-state index contributed by atoms with van der Waals surface area (Å²) < 4.78 is 0. The molecule has 1 fully saturated rings. The molecule has 1 amide bonds. The molecule has 1 aromatic heterocycles. The van der Waals surface area contributed by atoms with Gasteiger partial charge in [0.25, 0.3) is 5.91 Å². The van der Waals surface area contributed by atoms with Crippen LogP contribution in [-0.2, 0) is 6.42 Å². The van der Waals surface area contributed by atoms with E-state index in [1.807, 2.05) is 24.0 Å². The van der Waals surface area contributed by atoms with Gasteiger partial charge >= 0.3 is 5.97 Å². The normalized spacial score (nSPS) is 17.4. The number of H-pyrrole nitrogens is 1. The van der Waals surface area contributed by atoms with Crippen LogP contribution >= 0.6 is 0 Å². The molecule has 2 heterocycles. The molecule has 1 atom stereocenters. The summed E-state index contributed by atoms with van der Waals surface area (Å²) in [6, 6.07) is 8.72. The molecule has 1 unspecified atom stereocenters. The number of likely N-dealkylation sites (tertiary alicyclic amines) is 1. The second-order valence-electron chi connectivity index (χ2n) is 6.05. The van der Waals surface area contributed by atoms with Crippen molar-refractivity contribution in [2.24, 2.45) is 5.92 Å². The lowest BCUT2D eigenvalue weighted by Crippen LogP contribution is -2.29. The molecule has 6 heteroatoms. The van der Waals surface area contributed by atoms with Crippen molar-refractivity contribution in [3.8, 4) is 0 Å². The van der Waals surface area contributed by atoms with Crippen molar-refractivity contribution in [1.82, 2.24) is 15.1 Å². The molecular formula is C17H19N3O3. The first-order valence-electron chi connectivity index (χ1n) is 7.66. The van der Waals surface area contributed by atoms with Crippen LogP contribution in [0.15, 0.2) is 30.3 Å². The van der Waals surface area contributed by atoms with E-state index in [1.54, 1.807) is 18.2 Å². The second-order valence-corrected chi connectivity index (χ2v) is 6.05. The number of carbonyl (C=O) groups excluding carboxylic acids is 1. The van der Waals surface area contributed by atoms with Gasteiger partial charge in [-0.3, -0.25) is 9.89 Å². The summed E-state index contributed by atoms with van der Waals surface area (Å²) in [6.45, 7) is 3.32. The van der Waals surface area contributed by atoms with Crippen LogP contribution in [0.5, 0.6) is 0 Å². The second kappa shape index (κ2) is 6.24. The molecule has 6 nitrogen and oxygen atoms in total. The van der Waals surface area contributed by atoms with Crippen molar-refractivity contribution in [2.75, 3.05) is 13.1 Å². The Kier molecular flexibility index (Phi) is 4.14. The molecule has 23 heavy (non-hydrogen) atoms. The monoisotopic (exact) mass is 313 g/mol. The average Bonchev–Trinajstić information content (AvgIpc) is 3.16. The highest BCUT2D eigenvalue weighted by Gasteiger charge is 2.28. The van der Waals surface area contributed by atoms with Crippen molar-refractivity contribution in [3.63, 3.8) is 0 Å². The molecule has 2 N–H and O–H groups in total. The first kappa shape index (κ1) is 15.3. The number of carbonyl (C=O) groups is 2. The summed E-state index contributed by atoms with van der Waals surface area (Å²) in [4.78, 5) is 25.1. The largest absolute Gasteiger partial charge is 0.478 e. The Morgan fingerprint density at radius 1 is 1.35 bits per heavy atom. The first-order chi connectivity index (χ1) is 11.0. The minimum Gasteiger partial charge on any atom is -0.478 e. The minimum absolute atomic E-state index is 0.0296. The van der Waals surface area contributed by atoms with Gasteiger partial charge in [-0.2, -0.15) is 5.10 Å². The average molecular weight is 313 g/mol. The molecule has 2 aromatic rings. The van der Waals surface area contributed by atoms with Gasteiger partial charge in [0.05, 0.1) is 5.56 Å². The van der Waals surface area contributed by atoms with Gasteiger partial charge in [0.2, 0.25) is 0 Å². The third-order valence-electron chi connectivity index (χ3n) is 4.22. The van der Waals surface area contributed by atoms with Crippen molar-refractivity contribution in [3.05, 3.63) is 52.8 Å². The van der Waals surface area contributed by atoms with E-state index in [0.29, 0.717) is 23.7 Å². The zero-order valence-corrected chi connectivity index (χ0v) is 13.0. The van der Waals surface area contributed by atoms with E-state index in [-0.39, 0.29) is 5.91 Å². The van der Waals surface area contributed by atoms with Crippen LogP contribution in [0.4, 0.5) is 0 Å². The predicted octanol–water partition coefficient (Wildman–Crippen LogP) is 2.12. The molecule has 1 aliphatic rings. The zero-order valence-electron chi connectivity index (χ0n) is 13.0. The third kappa shape index (κ3) is 3.41. The molecular weight excluding hydrogens is 294 g/mol. The van der Waals surface area contributed by atoms with Gasteiger partial charge in [-0.15, -0.1) is 0 Å². The van der Waals surface area contributed by atoms with Crippen LogP contribution in [-0.4, -0.2) is 45.2 Å². The van der Waals surface area contributed by atoms with E-state index in [9.17, 15) is 9.59 Å². The molecule has 3 rings (SSSR count). The number of rotatable bonds is 4. The smallest absolute Gasteiger partial charge is 0.335 e. The molecule has 0 spiro atoms. The van der Waals surface area contributed by atoms with Gasteiger partial charge in [0, 0.05) is 18.8 Å². The maximum Gasteiger partial charge on any atom is 0.335 e. The van der Waals surface area contributed by atoms with E-state index < -0.39 is 5.97 Å². The predicted molar refractivity (Wildman–Crippen MR) is 84.4 cm³/mol. The van der Waals surface area contributed by atoms with Gasteiger partial charge in [0.15, 0.2) is 0 Å². The molecule has 0 saturated carbocycles. The molecule has 0 bridgehead atoms. The van der Waals surface area contributed by atoms with Gasteiger partial charge in [-0.1, -0.05) is 12.1 Å². The Morgan fingerprint density at radius 2 is 2.09 bits per heavy atom. The number of nitrogens with one attached hydrogen (secondary N) is 1. The van der Waals surface area contributed by atoms with Crippen LogP contribution in [0.25, 0.3) is 0 Å². The highest BCUT2D eigenvalue weighted by molar-refractivity contribution is 5.92. The Hall–Kier alpha value is -2.63. The van der Waals surface area contributed by atoms with Crippen molar-refractivity contribution in [2.45, 2.75) is 19.8 Å². The Labute approximate surface area is 134 Å². The Morgan fingerprint density at radius 3 is 2.70 bits per heavy atom. The standard InChI is InChI=1S/C17H19N3O3/c1-11-8-15(19-18-11)16(21)20-7-6-13(10-20)9-12-2-4-14(5-3-12)17(22)23/h2-5,8,13H,6-7,9-10H2,1H3,(H,18,19)(H,22,23). The van der Waals surface area contributed by atoms with Gasteiger partial charge in [-0.25, -0.2) is 4.79 Å². The number of amides is 1. The zero-order chi connectivity index (χ0) is 16.4. The van der Waals surface area contributed by atoms with E-state index in [2.05, 4.69) is 10.2 Å².